The predicted molar refractivity (Wildman–Crippen MR) is 105 cm³/mol. The molecule has 1 aromatic carbocycles. The SMILES string of the molecule is C=CCN=c1scc(-c2cccc(Cl)c2)n1N=Cc1sccc1C. The second-order valence-corrected chi connectivity index (χ2v) is 7.29. The van der Waals surface area contributed by atoms with Gasteiger partial charge in [-0.1, -0.05) is 29.8 Å². The molecule has 0 N–H and O–H groups in total. The molecule has 2 aromatic heterocycles. The topological polar surface area (TPSA) is 29.6 Å². The van der Waals surface area contributed by atoms with Crippen LogP contribution in [0.15, 0.2) is 63.8 Å². The molecule has 0 saturated carbocycles. The molecule has 0 aliphatic heterocycles. The van der Waals surface area contributed by atoms with Crippen molar-refractivity contribution in [2.75, 3.05) is 6.54 Å². The van der Waals surface area contributed by atoms with E-state index in [1.807, 2.05) is 40.5 Å². The van der Waals surface area contributed by atoms with Gasteiger partial charge in [0.25, 0.3) is 0 Å². The lowest BCUT2D eigenvalue weighted by Gasteiger charge is -2.04. The van der Waals surface area contributed by atoms with Crippen LogP contribution in [0.25, 0.3) is 11.3 Å². The summed E-state index contributed by atoms with van der Waals surface area (Å²) in [5, 5.41) is 9.48. The number of aryl methyl sites for hydroxylation is 1. The monoisotopic (exact) mass is 373 g/mol. The van der Waals surface area contributed by atoms with Crippen LogP contribution in [-0.4, -0.2) is 17.4 Å². The summed E-state index contributed by atoms with van der Waals surface area (Å²) in [4.78, 5) is 6.50. The van der Waals surface area contributed by atoms with E-state index in [2.05, 4.69) is 35.0 Å². The Morgan fingerprint density at radius 3 is 2.88 bits per heavy atom. The molecule has 3 nitrogen and oxygen atoms in total. The Balaban J connectivity index is 2.10. The first-order chi connectivity index (χ1) is 11.7. The van der Waals surface area contributed by atoms with Gasteiger partial charge in [0.2, 0.25) is 4.80 Å². The fourth-order valence-corrected chi connectivity index (χ4v) is 3.95. The van der Waals surface area contributed by atoms with Crippen LogP contribution in [0.2, 0.25) is 5.02 Å². The highest BCUT2D eigenvalue weighted by Gasteiger charge is 2.08. The second kappa shape index (κ2) is 7.75. The van der Waals surface area contributed by atoms with E-state index in [9.17, 15) is 0 Å². The first-order valence-corrected chi connectivity index (χ1v) is 9.49. The van der Waals surface area contributed by atoms with Crippen LogP contribution >= 0.6 is 34.3 Å². The molecule has 0 unspecified atom stereocenters. The Morgan fingerprint density at radius 1 is 1.29 bits per heavy atom. The minimum atomic E-state index is 0.559. The fraction of sp³-hybridized carbons (Fsp3) is 0.111. The molecule has 0 atom stereocenters. The van der Waals surface area contributed by atoms with Gasteiger partial charge in [0.15, 0.2) is 0 Å². The zero-order valence-corrected chi connectivity index (χ0v) is 15.5. The molecule has 122 valence electrons. The van der Waals surface area contributed by atoms with Crippen molar-refractivity contribution in [2.24, 2.45) is 10.1 Å². The normalized spacial score (nSPS) is 12.2. The third-order valence-corrected chi connectivity index (χ3v) is 5.40. The summed E-state index contributed by atoms with van der Waals surface area (Å²) in [6.07, 6.45) is 3.66. The maximum absolute atomic E-state index is 6.14. The summed E-state index contributed by atoms with van der Waals surface area (Å²) < 4.78 is 1.86. The lowest BCUT2D eigenvalue weighted by atomic mass is 10.2. The molecule has 3 rings (SSSR count). The maximum atomic E-state index is 6.14. The van der Waals surface area contributed by atoms with E-state index in [4.69, 9.17) is 11.6 Å². The summed E-state index contributed by atoms with van der Waals surface area (Å²) in [5.74, 6) is 0. The quantitative estimate of drug-likeness (QED) is 0.434. The van der Waals surface area contributed by atoms with Crippen molar-refractivity contribution >= 4 is 40.5 Å². The van der Waals surface area contributed by atoms with E-state index >= 15 is 0 Å². The minimum absolute atomic E-state index is 0.559. The molecule has 0 bridgehead atoms. The zero-order chi connectivity index (χ0) is 16.9. The molecule has 0 saturated heterocycles. The molecule has 0 radical (unpaired) electrons. The second-order valence-electron chi connectivity index (χ2n) is 5.07. The molecular weight excluding hydrogens is 358 g/mol. The minimum Gasteiger partial charge on any atom is -0.253 e. The standard InChI is InChI=1S/C18H16ClN3S2/c1-3-8-20-18-22(21-11-17-13(2)7-9-23-17)16(12-24-18)14-5-4-6-15(19)10-14/h3-7,9-12H,1,8H2,2H3. The van der Waals surface area contributed by atoms with Gasteiger partial charge < -0.3 is 0 Å². The van der Waals surface area contributed by atoms with E-state index in [0.29, 0.717) is 11.6 Å². The summed E-state index contributed by atoms with van der Waals surface area (Å²) >= 11 is 9.36. The highest BCUT2D eigenvalue weighted by Crippen LogP contribution is 2.23. The largest absolute Gasteiger partial charge is 0.253 e. The van der Waals surface area contributed by atoms with Crippen molar-refractivity contribution in [3.8, 4) is 11.3 Å². The van der Waals surface area contributed by atoms with Crippen molar-refractivity contribution < 1.29 is 0 Å². The van der Waals surface area contributed by atoms with E-state index in [1.54, 1.807) is 28.7 Å². The molecule has 0 aliphatic carbocycles. The zero-order valence-electron chi connectivity index (χ0n) is 13.1. The van der Waals surface area contributed by atoms with Gasteiger partial charge in [0.05, 0.1) is 23.3 Å². The average molecular weight is 374 g/mol. The summed E-state index contributed by atoms with van der Waals surface area (Å²) in [6, 6.07) is 9.85. The van der Waals surface area contributed by atoms with Crippen LogP contribution in [0, 0.1) is 6.92 Å². The Morgan fingerprint density at radius 2 is 2.17 bits per heavy atom. The van der Waals surface area contributed by atoms with E-state index < -0.39 is 0 Å². The van der Waals surface area contributed by atoms with E-state index in [0.717, 1.165) is 20.9 Å². The number of thiazole rings is 1. The van der Waals surface area contributed by atoms with Gasteiger partial charge in [-0.2, -0.15) is 5.10 Å². The van der Waals surface area contributed by atoms with Gasteiger partial charge in [0.1, 0.15) is 0 Å². The maximum Gasteiger partial charge on any atom is 0.206 e. The molecular formula is C18H16ClN3S2. The number of benzene rings is 1. The highest BCUT2D eigenvalue weighted by atomic mass is 35.5. The first kappa shape index (κ1) is 16.9. The lowest BCUT2D eigenvalue weighted by Crippen LogP contribution is -2.12. The Labute approximate surface area is 153 Å². The molecule has 24 heavy (non-hydrogen) atoms. The molecule has 2 heterocycles. The molecule has 0 fully saturated rings. The van der Waals surface area contributed by atoms with Crippen LogP contribution in [0.3, 0.4) is 0 Å². The number of hydrogen-bond acceptors (Lipinski definition) is 4. The van der Waals surface area contributed by atoms with Crippen LogP contribution in [-0.2, 0) is 0 Å². The van der Waals surface area contributed by atoms with Crippen molar-refractivity contribution in [1.82, 2.24) is 4.68 Å². The number of hydrogen-bond donors (Lipinski definition) is 0. The number of halogens is 1. The molecule has 0 amide bonds. The van der Waals surface area contributed by atoms with Crippen molar-refractivity contribution in [2.45, 2.75) is 6.92 Å². The predicted octanol–water partition coefficient (Wildman–Crippen LogP) is 5.21. The number of thiophene rings is 1. The smallest absolute Gasteiger partial charge is 0.206 e. The number of nitrogens with zero attached hydrogens (tertiary/aromatic N) is 3. The Hall–Kier alpha value is -1.95. The first-order valence-electron chi connectivity index (χ1n) is 7.35. The van der Waals surface area contributed by atoms with Gasteiger partial charge in [-0.15, -0.1) is 29.3 Å². The summed E-state index contributed by atoms with van der Waals surface area (Å²) in [5.41, 5.74) is 3.20. The summed E-state index contributed by atoms with van der Waals surface area (Å²) in [6.45, 7) is 6.37. The number of aromatic nitrogens is 1. The van der Waals surface area contributed by atoms with Gasteiger partial charge in [-0.05, 0) is 36.1 Å². The van der Waals surface area contributed by atoms with E-state index in [1.165, 1.54) is 5.56 Å². The van der Waals surface area contributed by atoms with Crippen LogP contribution in [0.1, 0.15) is 10.4 Å². The summed E-state index contributed by atoms with van der Waals surface area (Å²) in [7, 11) is 0. The third kappa shape index (κ3) is 3.75. The van der Waals surface area contributed by atoms with Crippen molar-refractivity contribution in [3.63, 3.8) is 0 Å². The van der Waals surface area contributed by atoms with Gasteiger partial charge >= 0.3 is 0 Å². The van der Waals surface area contributed by atoms with Crippen LogP contribution in [0.5, 0.6) is 0 Å². The molecule has 0 aliphatic rings. The fourth-order valence-electron chi connectivity index (χ4n) is 2.13. The van der Waals surface area contributed by atoms with Gasteiger partial charge in [0, 0.05) is 16.0 Å². The van der Waals surface area contributed by atoms with E-state index in [-0.39, 0.29) is 0 Å². The van der Waals surface area contributed by atoms with Crippen LogP contribution in [0.4, 0.5) is 0 Å². The van der Waals surface area contributed by atoms with Crippen LogP contribution < -0.4 is 4.80 Å². The van der Waals surface area contributed by atoms with Crippen molar-refractivity contribution in [1.29, 1.82) is 0 Å². The number of rotatable bonds is 5. The Bertz CT molecular complexity index is 947. The third-order valence-electron chi connectivity index (χ3n) is 3.35. The van der Waals surface area contributed by atoms with Gasteiger partial charge in [-0.25, -0.2) is 4.68 Å². The molecule has 0 spiro atoms. The molecule has 3 aromatic rings. The average Bonchev–Trinajstić information content (AvgIpc) is 3.17. The Kier molecular flexibility index (Phi) is 5.45. The molecule has 6 heteroatoms. The lowest BCUT2D eigenvalue weighted by molar-refractivity contribution is 0.840. The van der Waals surface area contributed by atoms with Crippen molar-refractivity contribution in [3.05, 3.63) is 74.0 Å². The highest BCUT2D eigenvalue weighted by molar-refractivity contribution is 7.11. The van der Waals surface area contributed by atoms with Gasteiger partial charge in [-0.3, -0.25) is 4.99 Å².